The van der Waals surface area contributed by atoms with Gasteiger partial charge >= 0.3 is 0 Å². The molecule has 0 aliphatic rings. The molecule has 2 N–H and O–H groups in total. The van der Waals surface area contributed by atoms with Gasteiger partial charge in [0.2, 0.25) is 5.78 Å². The Balaban J connectivity index is 2.53. The number of aryl methyl sites for hydroxylation is 1. The molecule has 1 aromatic heterocycles. The summed E-state index contributed by atoms with van der Waals surface area (Å²) in [6.45, 7) is 1.96. The fourth-order valence-corrected chi connectivity index (χ4v) is 3.50. The van der Waals surface area contributed by atoms with Crippen LogP contribution in [0.5, 0.6) is 5.75 Å². The Kier molecular flexibility index (Phi) is 3.73. The summed E-state index contributed by atoms with van der Waals surface area (Å²) in [5.74, 6) is 0.351. The Morgan fingerprint density at radius 3 is 2.72 bits per heavy atom. The first-order valence-electron chi connectivity index (χ1n) is 5.27. The van der Waals surface area contributed by atoms with E-state index in [1.165, 1.54) is 18.4 Å². The number of carbonyl (C=O) groups excluding carboxylic acids is 1. The van der Waals surface area contributed by atoms with Crippen molar-refractivity contribution in [2.75, 3.05) is 12.8 Å². The minimum absolute atomic E-state index is 0.0795. The van der Waals surface area contributed by atoms with Crippen molar-refractivity contribution in [2.45, 2.75) is 6.92 Å². The molecule has 0 aliphatic heterocycles. The third-order valence-electron chi connectivity index (χ3n) is 2.51. The smallest absolute Gasteiger partial charge is 0.207 e. The van der Waals surface area contributed by atoms with E-state index in [4.69, 9.17) is 10.5 Å². The molecule has 2 aromatic rings. The molecule has 2 rings (SSSR count). The van der Waals surface area contributed by atoms with Gasteiger partial charge in [-0.3, -0.25) is 4.79 Å². The third-order valence-corrected chi connectivity index (χ3v) is 4.45. The van der Waals surface area contributed by atoms with Gasteiger partial charge in [0.15, 0.2) is 5.75 Å². The van der Waals surface area contributed by atoms with E-state index in [1.807, 2.05) is 13.0 Å². The standard InChI is InChI=1S/C13H12BrNO2S/c1-7-6-9(14)13(18-7)11(16)8-4-3-5-10(15)12(8)17-2/h3-6H,15H2,1-2H3. The predicted molar refractivity (Wildman–Crippen MR) is 77.6 cm³/mol. The lowest BCUT2D eigenvalue weighted by molar-refractivity contribution is 0.103. The highest BCUT2D eigenvalue weighted by Crippen LogP contribution is 2.33. The number of nitrogens with two attached hydrogens (primary N) is 1. The normalized spacial score (nSPS) is 10.4. The van der Waals surface area contributed by atoms with Crippen molar-refractivity contribution in [3.05, 3.63) is 44.1 Å². The lowest BCUT2D eigenvalue weighted by Gasteiger charge is -2.09. The molecule has 0 bridgehead atoms. The van der Waals surface area contributed by atoms with Crippen molar-refractivity contribution in [1.29, 1.82) is 0 Å². The van der Waals surface area contributed by atoms with E-state index in [0.29, 0.717) is 21.9 Å². The monoisotopic (exact) mass is 325 g/mol. The average molecular weight is 326 g/mol. The van der Waals surface area contributed by atoms with Crippen LogP contribution in [0.4, 0.5) is 5.69 Å². The van der Waals surface area contributed by atoms with Gasteiger partial charge in [0, 0.05) is 9.35 Å². The number of anilines is 1. The molecule has 0 aliphatic carbocycles. The van der Waals surface area contributed by atoms with Gasteiger partial charge in [-0.15, -0.1) is 11.3 Å². The minimum Gasteiger partial charge on any atom is -0.494 e. The molecule has 1 heterocycles. The van der Waals surface area contributed by atoms with Crippen molar-refractivity contribution < 1.29 is 9.53 Å². The van der Waals surface area contributed by atoms with Gasteiger partial charge in [-0.25, -0.2) is 0 Å². The van der Waals surface area contributed by atoms with Crippen LogP contribution >= 0.6 is 27.3 Å². The van der Waals surface area contributed by atoms with Crippen molar-refractivity contribution >= 4 is 38.7 Å². The van der Waals surface area contributed by atoms with E-state index in [-0.39, 0.29) is 5.78 Å². The topological polar surface area (TPSA) is 52.3 Å². The van der Waals surface area contributed by atoms with Gasteiger partial charge < -0.3 is 10.5 Å². The number of hydrogen-bond acceptors (Lipinski definition) is 4. The third kappa shape index (κ3) is 2.28. The van der Waals surface area contributed by atoms with Crippen LogP contribution < -0.4 is 10.5 Å². The molecule has 0 fully saturated rings. The molecule has 0 saturated carbocycles. The molecule has 3 nitrogen and oxygen atoms in total. The van der Waals surface area contributed by atoms with Crippen LogP contribution in [0.15, 0.2) is 28.7 Å². The van der Waals surface area contributed by atoms with Crippen molar-refractivity contribution in [2.24, 2.45) is 0 Å². The zero-order chi connectivity index (χ0) is 13.3. The van der Waals surface area contributed by atoms with Crippen LogP contribution in [0, 0.1) is 6.92 Å². The number of carbonyl (C=O) groups is 1. The van der Waals surface area contributed by atoms with Gasteiger partial charge in [-0.05, 0) is 41.1 Å². The van der Waals surface area contributed by atoms with Crippen molar-refractivity contribution in [1.82, 2.24) is 0 Å². The van der Waals surface area contributed by atoms with Gasteiger partial charge in [-0.1, -0.05) is 6.07 Å². The van der Waals surface area contributed by atoms with Crippen LogP contribution in [-0.2, 0) is 0 Å². The second-order valence-corrected chi connectivity index (χ2v) is 5.90. The summed E-state index contributed by atoms with van der Waals surface area (Å²) in [7, 11) is 1.51. The zero-order valence-electron chi connectivity index (χ0n) is 9.99. The highest BCUT2D eigenvalue weighted by molar-refractivity contribution is 9.10. The summed E-state index contributed by atoms with van der Waals surface area (Å²) < 4.78 is 6.01. The number of thiophene rings is 1. The highest BCUT2D eigenvalue weighted by atomic mass is 79.9. The Morgan fingerprint density at radius 1 is 1.44 bits per heavy atom. The van der Waals surface area contributed by atoms with Crippen molar-refractivity contribution in [3.63, 3.8) is 0 Å². The van der Waals surface area contributed by atoms with E-state index in [9.17, 15) is 4.79 Å². The largest absolute Gasteiger partial charge is 0.494 e. The number of hydrogen-bond donors (Lipinski definition) is 1. The lowest BCUT2D eigenvalue weighted by Crippen LogP contribution is -2.04. The van der Waals surface area contributed by atoms with Gasteiger partial charge in [-0.2, -0.15) is 0 Å². The van der Waals surface area contributed by atoms with E-state index in [2.05, 4.69) is 15.9 Å². The Bertz CT molecular complexity index is 607. The summed E-state index contributed by atoms with van der Waals surface area (Å²) in [6, 6.07) is 7.11. The first kappa shape index (κ1) is 13.1. The maximum absolute atomic E-state index is 12.5. The summed E-state index contributed by atoms with van der Waals surface area (Å²) in [6.07, 6.45) is 0. The van der Waals surface area contributed by atoms with Crippen LogP contribution in [0.25, 0.3) is 0 Å². The molecule has 0 atom stereocenters. The lowest BCUT2D eigenvalue weighted by atomic mass is 10.1. The molecular formula is C13H12BrNO2S. The molecule has 94 valence electrons. The number of methoxy groups -OCH3 is 1. The molecule has 0 spiro atoms. The summed E-state index contributed by atoms with van der Waals surface area (Å²) in [4.78, 5) is 14.2. The molecule has 0 saturated heterocycles. The summed E-state index contributed by atoms with van der Waals surface area (Å²) in [5.41, 5.74) is 6.76. The van der Waals surface area contributed by atoms with Gasteiger partial charge in [0.1, 0.15) is 0 Å². The van der Waals surface area contributed by atoms with E-state index < -0.39 is 0 Å². The SMILES string of the molecule is COc1c(N)cccc1C(=O)c1sc(C)cc1Br. The zero-order valence-corrected chi connectivity index (χ0v) is 12.4. The molecule has 0 unspecified atom stereocenters. The Labute approximate surface area is 118 Å². The highest BCUT2D eigenvalue weighted by Gasteiger charge is 2.20. The van der Waals surface area contributed by atoms with Gasteiger partial charge in [0.25, 0.3) is 0 Å². The quantitative estimate of drug-likeness (QED) is 0.692. The average Bonchev–Trinajstić information content (AvgIpc) is 2.67. The molecule has 18 heavy (non-hydrogen) atoms. The van der Waals surface area contributed by atoms with E-state index in [1.54, 1.807) is 18.2 Å². The number of ketones is 1. The van der Waals surface area contributed by atoms with Crippen molar-refractivity contribution in [3.8, 4) is 5.75 Å². The van der Waals surface area contributed by atoms with Crippen LogP contribution in [0.1, 0.15) is 20.1 Å². The maximum atomic E-state index is 12.5. The molecule has 5 heteroatoms. The second-order valence-electron chi connectivity index (χ2n) is 3.79. The number of rotatable bonds is 3. The van der Waals surface area contributed by atoms with Crippen LogP contribution in [0.2, 0.25) is 0 Å². The molecule has 0 radical (unpaired) electrons. The first-order valence-corrected chi connectivity index (χ1v) is 6.88. The first-order chi connectivity index (χ1) is 8.54. The minimum atomic E-state index is -0.0795. The number of benzene rings is 1. The van der Waals surface area contributed by atoms with Crippen LogP contribution in [-0.4, -0.2) is 12.9 Å². The summed E-state index contributed by atoms with van der Waals surface area (Å²) >= 11 is 4.85. The molecular weight excluding hydrogens is 314 g/mol. The Morgan fingerprint density at radius 2 is 2.17 bits per heavy atom. The second kappa shape index (κ2) is 5.12. The number of para-hydroxylation sites is 1. The van der Waals surface area contributed by atoms with Gasteiger partial charge in [0.05, 0.1) is 23.2 Å². The predicted octanol–water partition coefficient (Wildman–Crippen LogP) is 3.64. The van der Waals surface area contributed by atoms with Crippen LogP contribution in [0.3, 0.4) is 0 Å². The number of ether oxygens (including phenoxy) is 1. The molecule has 0 amide bonds. The van der Waals surface area contributed by atoms with E-state index in [0.717, 1.165) is 9.35 Å². The van der Waals surface area contributed by atoms with E-state index >= 15 is 0 Å². The number of nitrogen functional groups attached to an aromatic ring is 1. The maximum Gasteiger partial charge on any atom is 0.207 e. The summed E-state index contributed by atoms with van der Waals surface area (Å²) in [5, 5.41) is 0. The fourth-order valence-electron chi connectivity index (χ4n) is 1.72. The fraction of sp³-hybridized carbons (Fsp3) is 0.154. The Hall–Kier alpha value is -1.33. The molecule has 1 aromatic carbocycles. The number of halogens is 1.